The monoisotopic (exact) mass is 511 g/mol. The Morgan fingerprint density at radius 3 is 2.41 bits per heavy atom. The second-order valence-corrected chi connectivity index (χ2v) is 9.07. The first kappa shape index (κ1) is 26.9. The number of nitro benzene ring substituents is 1. The first-order valence-electron chi connectivity index (χ1n) is 10.0. The molecule has 0 saturated carbocycles. The standard InChI is InChI=1S/C22H23Cl2N3O7/c1-22(2,3)34-19(29)9-7-17(26-20(30)14-10-12(23)4-8-18(14)28)21(31)25-16-6-5-13(27(32)33)11-15(16)24/h4-6,8,10-11,17,28H,7,9H2,1-3H3,(H,25,31)(H,26,30)/t17-/m0/s1. The zero-order chi connectivity index (χ0) is 25.6. The average molecular weight is 512 g/mol. The minimum Gasteiger partial charge on any atom is -0.507 e. The van der Waals surface area contributed by atoms with E-state index < -0.39 is 34.3 Å². The molecule has 0 fully saturated rings. The van der Waals surface area contributed by atoms with Crippen molar-refractivity contribution in [1.82, 2.24) is 5.32 Å². The molecule has 2 aromatic carbocycles. The van der Waals surface area contributed by atoms with Crippen LogP contribution in [-0.4, -0.2) is 39.5 Å². The zero-order valence-electron chi connectivity index (χ0n) is 18.6. The number of nitrogens with zero attached hydrogens (tertiary/aromatic N) is 1. The number of anilines is 1. The van der Waals surface area contributed by atoms with Gasteiger partial charge in [0.25, 0.3) is 11.6 Å². The summed E-state index contributed by atoms with van der Waals surface area (Å²) in [4.78, 5) is 48.1. The van der Waals surface area contributed by atoms with E-state index >= 15 is 0 Å². The normalized spacial score (nSPS) is 11.9. The number of benzene rings is 2. The SMILES string of the molecule is CC(C)(C)OC(=O)CC[C@H](NC(=O)c1cc(Cl)ccc1O)C(=O)Nc1ccc([N+](=O)[O-])cc1Cl. The highest BCUT2D eigenvalue weighted by Crippen LogP contribution is 2.27. The van der Waals surface area contributed by atoms with Gasteiger partial charge in [0.05, 0.1) is 21.2 Å². The fraction of sp³-hybridized carbons (Fsp3) is 0.318. The number of ether oxygens (including phenoxy) is 1. The van der Waals surface area contributed by atoms with Crippen molar-refractivity contribution in [1.29, 1.82) is 0 Å². The van der Waals surface area contributed by atoms with Crippen LogP contribution < -0.4 is 10.6 Å². The Morgan fingerprint density at radius 1 is 1.15 bits per heavy atom. The predicted molar refractivity (Wildman–Crippen MR) is 126 cm³/mol. The molecule has 0 aliphatic carbocycles. The molecule has 10 nitrogen and oxygen atoms in total. The number of nitro groups is 1. The minimum atomic E-state index is -1.25. The molecule has 0 radical (unpaired) electrons. The number of phenols is 1. The Hall–Kier alpha value is -3.37. The maximum atomic E-state index is 12.9. The summed E-state index contributed by atoms with van der Waals surface area (Å²) in [7, 11) is 0. The minimum absolute atomic E-state index is 0.0689. The number of carbonyl (C=O) groups excluding carboxylic acids is 3. The van der Waals surface area contributed by atoms with E-state index in [9.17, 15) is 29.6 Å². The van der Waals surface area contributed by atoms with E-state index in [4.69, 9.17) is 27.9 Å². The molecule has 0 unspecified atom stereocenters. The lowest BCUT2D eigenvalue weighted by atomic mass is 10.1. The highest BCUT2D eigenvalue weighted by molar-refractivity contribution is 6.34. The molecule has 0 aliphatic rings. The summed E-state index contributed by atoms with van der Waals surface area (Å²) >= 11 is 11.9. The number of rotatable bonds is 8. The smallest absolute Gasteiger partial charge is 0.306 e. The number of carbonyl (C=O) groups is 3. The summed E-state index contributed by atoms with van der Waals surface area (Å²) in [6.45, 7) is 5.07. The predicted octanol–water partition coefficient (Wildman–Crippen LogP) is 4.47. The lowest BCUT2D eigenvalue weighted by Gasteiger charge is -2.22. The van der Waals surface area contributed by atoms with Gasteiger partial charge in [-0.1, -0.05) is 23.2 Å². The number of halogens is 2. The van der Waals surface area contributed by atoms with Crippen LogP contribution in [0.3, 0.4) is 0 Å². The third kappa shape index (κ3) is 7.89. The lowest BCUT2D eigenvalue weighted by molar-refractivity contribution is -0.384. The second-order valence-electron chi connectivity index (χ2n) is 8.22. The van der Waals surface area contributed by atoms with E-state index in [0.717, 1.165) is 12.1 Å². The Morgan fingerprint density at radius 2 is 1.82 bits per heavy atom. The highest BCUT2D eigenvalue weighted by atomic mass is 35.5. The van der Waals surface area contributed by atoms with Gasteiger partial charge in [-0.15, -0.1) is 0 Å². The van der Waals surface area contributed by atoms with E-state index in [-0.39, 0.29) is 45.6 Å². The Balaban J connectivity index is 2.23. The van der Waals surface area contributed by atoms with Gasteiger partial charge in [-0.25, -0.2) is 0 Å². The van der Waals surface area contributed by atoms with E-state index in [2.05, 4.69) is 10.6 Å². The fourth-order valence-electron chi connectivity index (χ4n) is 2.79. The van der Waals surface area contributed by atoms with Crippen LogP contribution in [0.1, 0.15) is 44.0 Å². The molecule has 0 aliphatic heterocycles. The molecule has 3 N–H and O–H groups in total. The third-order valence-electron chi connectivity index (χ3n) is 4.30. The number of non-ortho nitro benzene ring substituents is 1. The van der Waals surface area contributed by atoms with E-state index in [1.165, 1.54) is 24.3 Å². The molecule has 12 heteroatoms. The van der Waals surface area contributed by atoms with Crippen molar-refractivity contribution in [2.45, 2.75) is 45.3 Å². The number of hydrogen-bond donors (Lipinski definition) is 3. The Bertz CT molecular complexity index is 1120. The van der Waals surface area contributed by atoms with E-state index in [0.29, 0.717) is 0 Å². The van der Waals surface area contributed by atoms with Crippen molar-refractivity contribution in [3.05, 3.63) is 62.1 Å². The molecule has 0 saturated heterocycles. The quantitative estimate of drug-likeness (QED) is 0.269. The molecule has 1 atom stereocenters. The number of phenolic OH excluding ortho intramolecular Hbond substituents is 1. The summed E-state index contributed by atoms with van der Waals surface area (Å²) in [6.07, 6.45) is -0.344. The van der Waals surface area contributed by atoms with Crippen LogP contribution in [0.15, 0.2) is 36.4 Å². The van der Waals surface area contributed by atoms with Gasteiger partial charge in [-0.2, -0.15) is 0 Å². The van der Waals surface area contributed by atoms with E-state index in [1.54, 1.807) is 20.8 Å². The molecule has 2 rings (SSSR count). The first-order valence-corrected chi connectivity index (χ1v) is 10.8. The molecule has 34 heavy (non-hydrogen) atoms. The van der Waals surface area contributed by atoms with Crippen molar-refractivity contribution in [2.75, 3.05) is 5.32 Å². The van der Waals surface area contributed by atoms with Crippen LogP contribution in [0.5, 0.6) is 5.75 Å². The van der Waals surface area contributed by atoms with Gasteiger partial charge < -0.3 is 20.5 Å². The lowest BCUT2D eigenvalue weighted by Crippen LogP contribution is -2.44. The molecule has 0 aromatic heterocycles. The Kier molecular flexibility index (Phi) is 8.83. The van der Waals surface area contributed by atoms with Gasteiger partial charge >= 0.3 is 5.97 Å². The van der Waals surface area contributed by atoms with Gasteiger partial charge in [0.2, 0.25) is 5.91 Å². The molecule has 182 valence electrons. The summed E-state index contributed by atoms with van der Waals surface area (Å²) in [5.74, 6) is -2.49. The number of amides is 2. The topological polar surface area (TPSA) is 148 Å². The van der Waals surface area contributed by atoms with Gasteiger partial charge in [0, 0.05) is 23.6 Å². The molecule has 0 bridgehead atoms. The van der Waals surface area contributed by atoms with Crippen molar-refractivity contribution < 1.29 is 29.2 Å². The van der Waals surface area contributed by atoms with Crippen molar-refractivity contribution in [2.24, 2.45) is 0 Å². The van der Waals surface area contributed by atoms with Crippen LogP contribution in [-0.2, 0) is 14.3 Å². The average Bonchev–Trinajstić information content (AvgIpc) is 2.72. The van der Waals surface area contributed by atoms with Gasteiger partial charge in [-0.3, -0.25) is 24.5 Å². The molecule has 0 heterocycles. The van der Waals surface area contributed by atoms with Crippen LogP contribution >= 0.6 is 23.2 Å². The summed E-state index contributed by atoms with van der Waals surface area (Å²) < 4.78 is 5.24. The maximum Gasteiger partial charge on any atom is 0.306 e. The zero-order valence-corrected chi connectivity index (χ0v) is 20.1. The van der Waals surface area contributed by atoms with Gasteiger partial charge in [-0.05, 0) is 51.5 Å². The Labute approximate surface area is 205 Å². The van der Waals surface area contributed by atoms with E-state index in [1.807, 2.05) is 0 Å². The summed E-state index contributed by atoms with van der Waals surface area (Å²) in [6, 6.07) is 6.05. The van der Waals surface area contributed by atoms with Crippen LogP contribution in [0.25, 0.3) is 0 Å². The number of hydrogen-bond acceptors (Lipinski definition) is 7. The number of esters is 1. The second kappa shape index (κ2) is 11.2. The van der Waals surface area contributed by atoms with Crippen LogP contribution in [0, 0.1) is 10.1 Å². The molecular weight excluding hydrogens is 489 g/mol. The van der Waals surface area contributed by atoms with Crippen molar-refractivity contribution >= 4 is 52.4 Å². The van der Waals surface area contributed by atoms with Gasteiger partial charge in [0.15, 0.2) is 0 Å². The van der Waals surface area contributed by atoms with Crippen molar-refractivity contribution in [3.8, 4) is 5.75 Å². The molecule has 2 amide bonds. The number of nitrogens with one attached hydrogen (secondary N) is 2. The van der Waals surface area contributed by atoms with Gasteiger partial charge in [0.1, 0.15) is 17.4 Å². The maximum absolute atomic E-state index is 12.9. The largest absolute Gasteiger partial charge is 0.507 e. The first-order chi connectivity index (χ1) is 15.8. The van der Waals surface area contributed by atoms with Crippen LogP contribution in [0.4, 0.5) is 11.4 Å². The van der Waals surface area contributed by atoms with Crippen LogP contribution in [0.2, 0.25) is 10.0 Å². The summed E-state index contributed by atoms with van der Waals surface area (Å²) in [5, 5.41) is 25.9. The van der Waals surface area contributed by atoms with Crippen molar-refractivity contribution in [3.63, 3.8) is 0 Å². The third-order valence-corrected chi connectivity index (χ3v) is 4.85. The molecule has 2 aromatic rings. The molecule has 0 spiro atoms. The fourth-order valence-corrected chi connectivity index (χ4v) is 3.18. The molecular formula is C22H23Cl2N3O7. The highest BCUT2D eigenvalue weighted by Gasteiger charge is 2.26. The number of aromatic hydroxyl groups is 1. The summed E-state index contributed by atoms with van der Waals surface area (Å²) in [5.41, 5.74) is -1.11.